The normalized spacial score (nSPS) is 12.4. The first-order valence-electron chi connectivity index (χ1n) is 8.64. The Morgan fingerprint density at radius 2 is 1.72 bits per heavy atom. The molecule has 1 N–H and O–H groups in total. The molecule has 0 unspecified atom stereocenters. The number of sulfonamides is 1. The summed E-state index contributed by atoms with van der Waals surface area (Å²) in [4.78, 5) is 12.5. The van der Waals surface area contributed by atoms with Gasteiger partial charge in [0.25, 0.3) is 0 Å². The quantitative estimate of drug-likeness (QED) is 0.505. The highest BCUT2D eigenvalue weighted by atomic mass is 35.5. The standard InChI is InChI=1S/C19H21Cl3N2O3S2/c1-13(24(29(2,26)27)17-7-5-15(20)6-8-17)19(25)23-9-10-28-12-14-3-4-16(21)11-18(14)22/h3-8,11,13H,9-10,12H2,1-2H3,(H,23,25)/t13-/m1/s1. The molecule has 158 valence electrons. The summed E-state index contributed by atoms with van der Waals surface area (Å²) in [6.07, 6.45) is 1.07. The third-order valence-electron chi connectivity index (χ3n) is 3.99. The Morgan fingerprint density at radius 1 is 1.10 bits per heavy atom. The van der Waals surface area contributed by atoms with E-state index in [0.29, 0.717) is 38.8 Å². The second kappa shape index (κ2) is 10.8. The fourth-order valence-electron chi connectivity index (χ4n) is 2.61. The molecule has 10 heteroatoms. The van der Waals surface area contributed by atoms with Crippen molar-refractivity contribution in [3.8, 4) is 0 Å². The van der Waals surface area contributed by atoms with Crippen molar-refractivity contribution in [3.63, 3.8) is 0 Å². The Hall–Kier alpha value is -1.12. The van der Waals surface area contributed by atoms with E-state index >= 15 is 0 Å². The summed E-state index contributed by atoms with van der Waals surface area (Å²) in [5.74, 6) is 0.953. The van der Waals surface area contributed by atoms with Crippen molar-refractivity contribution in [2.75, 3.05) is 22.9 Å². The number of amides is 1. The first-order valence-corrected chi connectivity index (χ1v) is 12.8. The van der Waals surface area contributed by atoms with Crippen molar-refractivity contribution < 1.29 is 13.2 Å². The highest BCUT2D eigenvalue weighted by Crippen LogP contribution is 2.25. The first kappa shape index (κ1) is 24.2. The lowest BCUT2D eigenvalue weighted by Crippen LogP contribution is -2.48. The summed E-state index contributed by atoms with van der Waals surface area (Å²) < 4.78 is 25.6. The molecule has 1 amide bonds. The van der Waals surface area contributed by atoms with Crippen LogP contribution in [0, 0.1) is 0 Å². The Labute approximate surface area is 190 Å². The second-order valence-electron chi connectivity index (χ2n) is 6.29. The molecule has 0 spiro atoms. The van der Waals surface area contributed by atoms with Crippen molar-refractivity contribution in [3.05, 3.63) is 63.1 Å². The molecule has 0 aliphatic carbocycles. The van der Waals surface area contributed by atoms with E-state index in [1.165, 1.54) is 0 Å². The zero-order valence-electron chi connectivity index (χ0n) is 15.9. The molecule has 1 atom stereocenters. The van der Waals surface area contributed by atoms with Crippen LogP contribution in [0.1, 0.15) is 12.5 Å². The van der Waals surface area contributed by atoms with Crippen LogP contribution in [0.25, 0.3) is 0 Å². The molecule has 0 aliphatic heterocycles. The van der Waals surface area contributed by atoms with Crippen LogP contribution in [0.2, 0.25) is 15.1 Å². The number of nitrogens with one attached hydrogen (secondary N) is 1. The van der Waals surface area contributed by atoms with Crippen LogP contribution in [0.4, 0.5) is 5.69 Å². The van der Waals surface area contributed by atoms with E-state index in [1.54, 1.807) is 55.1 Å². The minimum Gasteiger partial charge on any atom is -0.353 e. The van der Waals surface area contributed by atoms with Crippen molar-refractivity contribution in [1.82, 2.24) is 5.32 Å². The molecule has 2 rings (SSSR count). The number of halogens is 3. The average Bonchev–Trinajstić information content (AvgIpc) is 2.63. The number of thioether (sulfide) groups is 1. The monoisotopic (exact) mass is 494 g/mol. The molecular formula is C19H21Cl3N2O3S2. The number of hydrogen-bond acceptors (Lipinski definition) is 4. The van der Waals surface area contributed by atoms with Gasteiger partial charge in [0.2, 0.25) is 15.9 Å². The Kier molecular flexibility index (Phi) is 8.97. The van der Waals surface area contributed by atoms with Gasteiger partial charge in [-0.3, -0.25) is 9.10 Å². The zero-order valence-corrected chi connectivity index (χ0v) is 19.8. The molecule has 0 aliphatic rings. The lowest BCUT2D eigenvalue weighted by molar-refractivity contribution is -0.121. The maximum Gasteiger partial charge on any atom is 0.243 e. The van der Waals surface area contributed by atoms with E-state index < -0.39 is 16.1 Å². The van der Waals surface area contributed by atoms with E-state index in [2.05, 4.69) is 5.32 Å². The number of nitrogens with zero attached hydrogens (tertiary/aromatic N) is 1. The Morgan fingerprint density at radius 3 is 2.31 bits per heavy atom. The van der Waals surface area contributed by atoms with Crippen LogP contribution < -0.4 is 9.62 Å². The third-order valence-corrected chi connectivity index (χ3v) is 7.08. The molecule has 0 bridgehead atoms. The maximum absolute atomic E-state index is 12.5. The van der Waals surface area contributed by atoms with E-state index in [1.807, 2.05) is 6.07 Å². The van der Waals surface area contributed by atoms with Crippen LogP contribution in [0.5, 0.6) is 0 Å². The van der Waals surface area contributed by atoms with Crippen molar-refractivity contribution in [2.24, 2.45) is 0 Å². The molecule has 2 aromatic carbocycles. The van der Waals surface area contributed by atoms with Gasteiger partial charge in [0.05, 0.1) is 11.9 Å². The smallest absolute Gasteiger partial charge is 0.243 e. The molecule has 0 radical (unpaired) electrons. The number of carbonyl (C=O) groups excluding carboxylic acids is 1. The SMILES string of the molecule is C[C@H](C(=O)NCCSCc1ccc(Cl)cc1Cl)N(c1ccc(Cl)cc1)S(C)(=O)=O. The molecule has 0 aromatic heterocycles. The van der Waals surface area contributed by atoms with Crippen LogP contribution in [-0.2, 0) is 20.6 Å². The predicted molar refractivity (Wildman–Crippen MR) is 124 cm³/mol. The topological polar surface area (TPSA) is 66.5 Å². The number of rotatable bonds is 9. The van der Waals surface area contributed by atoms with E-state index in [9.17, 15) is 13.2 Å². The lowest BCUT2D eigenvalue weighted by Gasteiger charge is -2.28. The Balaban J connectivity index is 1.90. The summed E-state index contributed by atoms with van der Waals surface area (Å²) in [6.45, 7) is 1.95. The fourth-order valence-corrected chi connectivity index (χ4v) is 5.33. The van der Waals surface area contributed by atoms with Crippen LogP contribution in [0.3, 0.4) is 0 Å². The Bertz CT molecular complexity index is 954. The molecule has 0 saturated heterocycles. The average molecular weight is 496 g/mol. The summed E-state index contributed by atoms with van der Waals surface area (Å²) in [7, 11) is -3.66. The van der Waals surface area contributed by atoms with Gasteiger partial charge < -0.3 is 5.32 Å². The van der Waals surface area contributed by atoms with Crippen LogP contribution in [0.15, 0.2) is 42.5 Å². The van der Waals surface area contributed by atoms with Gasteiger partial charge >= 0.3 is 0 Å². The molecule has 0 heterocycles. The van der Waals surface area contributed by atoms with Gasteiger partial charge in [-0.05, 0) is 48.9 Å². The van der Waals surface area contributed by atoms with Gasteiger partial charge in [-0.15, -0.1) is 0 Å². The minimum absolute atomic E-state index is 0.379. The van der Waals surface area contributed by atoms with Crippen molar-refractivity contribution in [2.45, 2.75) is 18.7 Å². The number of benzene rings is 2. The van der Waals surface area contributed by atoms with Gasteiger partial charge in [0.1, 0.15) is 6.04 Å². The largest absolute Gasteiger partial charge is 0.353 e. The van der Waals surface area contributed by atoms with Crippen LogP contribution >= 0.6 is 46.6 Å². The second-order valence-corrected chi connectivity index (χ2v) is 10.5. The van der Waals surface area contributed by atoms with E-state index in [4.69, 9.17) is 34.8 Å². The lowest BCUT2D eigenvalue weighted by atomic mass is 10.2. The van der Waals surface area contributed by atoms with Gasteiger partial charge in [-0.2, -0.15) is 11.8 Å². The zero-order chi connectivity index (χ0) is 21.6. The van der Waals surface area contributed by atoms with E-state index in [0.717, 1.165) is 16.1 Å². The van der Waals surface area contributed by atoms with Crippen molar-refractivity contribution >= 4 is 68.2 Å². The summed E-state index contributed by atoms with van der Waals surface area (Å²) >= 11 is 19.5. The highest BCUT2D eigenvalue weighted by molar-refractivity contribution is 7.98. The van der Waals surface area contributed by atoms with Gasteiger partial charge in [0, 0.05) is 33.1 Å². The first-order chi connectivity index (χ1) is 13.6. The molecule has 0 saturated carbocycles. The summed E-state index contributed by atoms with van der Waals surface area (Å²) in [5.41, 5.74) is 1.35. The summed E-state index contributed by atoms with van der Waals surface area (Å²) in [5, 5.41) is 4.45. The number of hydrogen-bond donors (Lipinski definition) is 1. The van der Waals surface area contributed by atoms with Gasteiger partial charge in [-0.1, -0.05) is 40.9 Å². The predicted octanol–water partition coefficient (Wildman–Crippen LogP) is 4.85. The minimum atomic E-state index is -3.66. The number of carbonyl (C=O) groups is 1. The molecule has 0 fully saturated rings. The molecule has 29 heavy (non-hydrogen) atoms. The highest BCUT2D eigenvalue weighted by Gasteiger charge is 2.28. The van der Waals surface area contributed by atoms with Gasteiger partial charge in [0.15, 0.2) is 0 Å². The van der Waals surface area contributed by atoms with Crippen LogP contribution in [-0.4, -0.2) is 38.9 Å². The number of anilines is 1. The summed E-state index contributed by atoms with van der Waals surface area (Å²) in [6, 6.07) is 10.7. The van der Waals surface area contributed by atoms with Crippen molar-refractivity contribution in [1.29, 1.82) is 0 Å². The third kappa shape index (κ3) is 7.26. The molecular weight excluding hydrogens is 475 g/mol. The van der Waals surface area contributed by atoms with Gasteiger partial charge in [-0.25, -0.2) is 8.42 Å². The fraction of sp³-hybridized carbons (Fsp3) is 0.316. The molecule has 2 aromatic rings. The maximum atomic E-state index is 12.5. The van der Waals surface area contributed by atoms with E-state index in [-0.39, 0.29) is 5.91 Å². The molecule has 5 nitrogen and oxygen atoms in total.